The number of amides is 1. The van der Waals surface area contributed by atoms with Crippen LogP contribution < -0.4 is 11.1 Å². The van der Waals surface area contributed by atoms with E-state index in [2.05, 4.69) is 10.3 Å². The lowest BCUT2D eigenvalue weighted by Crippen LogP contribution is -2.16. The van der Waals surface area contributed by atoms with Gasteiger partial charge >= 0.3 is 6.18 Å². The summed E-state index contributed by atoms with van der Waals surface area (Å²) in [6.07, 6.45) is -4.58. The van der Waals surface area contributed by atoms with Crippen LogP contribution >= 0.6 is 11.3 Å². The third-order valence-corrected chi connectivity index (χ3v) is 5.55. The van der Waals surface area contributed by atoms with E-state index in [0.717, 1.165) is 33.9 Å². The number of alkyl halides is 3. The molecule has 2 aromatic carbocycles. The van der Waals surface area contributed by atoms with Gasteiger partial charge in [-0.05, 0) is 30.7 Å². The Morgan fingerprint density at radius 2 is 1.89 bits per heavy atom. The summed E-state index contributed by atoms with van der Waals surface area (Å²) < 4.78 is 39.5. The number of nitrogens with one attached hydrogen (secondary N) is 1. The van der Waals surface area contributed by atoms with Crippen LogP contribution in [0.25, 0.3) is 21.1 Å². The van der Waals surface area contributed by atoms with Crippen LogP contribution in [0.3, 0.4) is 0 Å². The molecule has 2 aromatic heterocycles. The molecule has 4 rings (SSSR count). The van der Waals surface area contributed by atoms with E-state index in [0.29, 0.717) is 10.2 Å². The van der Waals surface area contributed by atoms with Crippen LogP contribution in [0.2, 0.25) is 0 Å². The van der Waals surface area contributed by atoms with Crippen molar-refractivity contribution in [2.24, 2.45) is 0 Å². The van der Waals surface area contributed by atoms with E-state index in [4.69, 9.17) is 5.73 Å². The second kappa shape index (κ2) is 6.49. The van der Waals surface area contributed by atoms with E-state index in [9.17, 15) is 18.0 Å². The summed E-state index contributed by atoms with van der Waals surface area (Å²) >= 11 is 1.06. The number of fused-ring (bicyclic) bond motifs is 2. The number of hydrogen-bond donors (Lipinski definition) is 2. The van der Waals surface area contributed by atoms with Gasteiger partial charge in [-0.25, -0.2) is 4.98 Å². The number of hydrogen-bond acceptors (Lipinski definition) is 4. The van der Waals surface area contributed by atoms with Gasteiger partial charge in [-0.3, -0.25) is 4.79 Å². The number of para-hydroxylation sites is 2. The highest BCUT2D eigenvalue weighted by molar-refractivity contribution is 7.21. The molecule has 2 heterocycles. The highest BCUT2D eigenvalue weighted by atomic mass is 32.1. The normalized spacial score (nSPS) is 11.9. The number of thiophene rings is 1. The lowest BCUT2D eigenvalue weighted by atomic mass is 10.1. The van der Waals surface area contributed by atoms with Gasteiger partial charge in [-0.15, -0.1) is 11.3 Å². The van der Waals surface area contributed by atoms with Crippen molar-refractivity contribution in [3.05, 3.63) is 64.5 Å². The average molecular weight is 401 g/mol. The van der Waals surface area contributed by atoms with Crippen LogP contribution in [-0.2, 0) is 6.18 Å². The van der Waals surface area contributed by atoms with E-state index in [1.54, 1.807) is 0 Å². The predicted molar refractivity (Wildman–Crippen MR) is 106 cm³/mol. The van der Waals surface area contributed by atoms with E-state index >= 15 is 0 Å². The van der Waals surface area contributed by atoms with Crippen LogP contribution in [-0.4, -0.2) is 10.9 Å². The van der Waals surface area contributed by atoms with Crippen molar-refractivity contribution in [1.82, 2.24) is 4.98 Å². The van der Waals surface area contributed by atoms with E-state index in [-0.39, 0.29) is 16.3 Å². The maximum atomic E-state index is 13.2. The molecule has 4 nitrogen and oxygen atoms in total. The van der Waals surface area contributed by atoms with Crippen molar-refractivity contribution in [1.29, 1.82) is 0 Å². The fraction of sp³-hybridized carbons (Fsp3) is 0.100. The van der Waals surface area contributed by atoms with Gasteiger partial charge in [-0.2, -0.15) is 13.2 Å². The molecule has 3 N–H and O–H groups in total. The Labute approximate surface area is 161 Å². The first-order chi connectivity index (χ1) is 13.3. The monoisotopic (exact) mass is 401 g/mol. The molecule has 0 fully saturated rings. The van der Waals surface area contributed by atoms with E-state index < -0.39 is 17.6 Å². The zero-order valence-corrected chi connectivity index (χ0v) is 15.4. The molecular formula is C20H14F3N3OS. The van der Waals surface area contributed by atoms with Crippen molar-refractivity contribution < 1.29 is 18.0 Å². The maximum Gasteiger partial charge on any atom is 0.418 e. The fourth-order valence-corrected chi connectivity index (χ4v) is 4.03. The lowest BCUT2D eigenvalue weighted by Gasteiger charge is -2.13. The summed E-state index contributed by atoms with van der Waals surface area (Å²) in [4.78, 5) is 17.9. The molecule has 0 radical (unpaired) electrons. The number of benzene rings is 2. The molecular weight excluding hydrogens is 387 g/mol. The van der Waals surface area contributed by atoms with Crippen molar-refractivity contribution in [3.8, 4) is 0 Å². The molecule has 8 heteroatoms. The Kier molecular flexibility index (Phi) is 4.23. The lowest BCUT2D eigenvalue weighted by molar-refractivity contribution is -0.136. The standard InChI is InChI=1S/C20H14F3N3OS/c1-10-5-4-6-11-9-12-15(24)17(28-19(12)26-16(10)11)18(27)25-14-8-3-2-7-13(14)20(21,22)23/h2-9H,24H2,1H3,(H,25,27). The van der Waals surface area contributed by atoms with E-state index in [1.807, 2.05) is 31.2 Å². The number of nitrogen functional groups attached to an aromatic ring is 1. The summed E-state index contributed by atoms with van der Waals surface area (Å²) in [7, 11) is 0. The number of nitrogens with zero attached hydrogens (tertiary/aromatic N) is 1. The largest absolute Gasteiger partial charge is 0.418 e. The highest BCUT2D eigenvalue weighted by Gasteiger charge is 2.34. The molecule has 28 heavy (non-hydrogen) atoms. The number of nitrogens with two attached hydrogens (primary N) is 1. The molecule has 0 bridgehead atoms. The molecule has 0 saturated heterocycles. The predicted octanol–water partition coefficient (Wildman–Crippen LogP) is 5.61. The topological polar surface area (TPSA) is 68.0 Å². The zero-order chi connectivity index (χ0) is 20.1. The van der Waals surface area contributed by atoms with Gasteiger partial charge in [0.1, 0.15) is 9.71 Å². The first-order valence-corrected chi connectivity index (χ1v) is 9.13. The second-order valence-electron chi connectivity index (χ2n) is 6.33. The number of halogens is 3. The first-order valence-electron chi connectivity index (χ1n) is 8.31. The molecule has 0 aliphatic carbocycles. The molecule has 0 saturated carbocycles. The van der Waals surface area contributed by atoms with Crippen LogP contribution in [0.1, 0.15) is 20.8 Å². The van der Waals surface area contributed by atoms with Crippen molar-refractivity contribution >= 4 is 49.7 Å². The number of carbonyl (C=O) groups excluding carboxylic acids is 1. The summed E-state index contributed by atoms with van der Waals surface area (Å²) in [6, 6.07) is 12.4. The summed E-state index contributed by atoms with van der Waals surface area (Å²) in [5.41, 5.74) is 6.89. The quantitative estimate of drug-likeness (QED) is 0.459. The minimum absolute atomic E-state index is 0.132. The summed E-state index contributed by atoms with van der Waals surface area (Å²) in [5.74, 6) is -0.696. The molecule has 0 unspecified atom stereocenters. The number of carbonyl (C=O) groups is 1. The Morgan fingerprint density at radius 3 is 2.64 bits per heavy atom. The Balaban J connectivity index is 1.78. The van der Waals surface area contributed by atoms with Gasteiger partial charge in [0.2, 0.25) is 0 Å². The number of aryl methyl sites for hydroxylation is 1. The maximum absolute atomic E-state index is 13.2. The third kappa shape index (κ3) is 3.05. The Morgan fingerprint density at radius 1 is 1.14 bits per heavy atom. The van der Waals surface area contributed by atoms with Crippen molar-refractivity contribution in [2.45, 2.75) is 13.1 Å². The Bertz CT molecular complexity index is 1230. The number of anilines is 2. The van der Waals surface area contributed by atoms with Gasteiger partial charge < -0.3 is 11.1 Å². The van der Waals surface area contributed by atoms with Gasteiger partial charge in [0, 0.05) is 10.8 Å². The Hall–Kier alpha value is -3.13. The van der Waals surface area contributed by atoms with Crippen molar-refractivity contribution in [3.63, 3.8) is 0 Å². The van der Waals surface area contributed by atoms with Gasteiger partial charge in [0.25, 0.3) is 5.91 Å². The molecule has 0 spiro atoms. The third-order valence-electron chi connectivity index (χ3n) is 4.43. The minimum Gasteiger partial charge on any atom is -0.397 e. The number of aromatic nitrogens is 1. The van der Waals surface area contributed by atoms with Crippen LogP contribution in [0.15, 0.2) is 48.5 Å². The fourth-order valence-electron chi connectivity index (χ4n) is 3.06. The van der Waals surface area contributed by atoms with Crippen LogP contribution in [0.4, 0.5) is 24.5 Å². The molecule has 1 amide bonds. The summed E-state index contributed by atoms with van der Waals surface area (Å²) in [5, 5.41) is 3.82. The average Bonchev–Trinajstić information content (AvgIpc) is 2.96. The highest BCUT2D eigenvalue weighted by Crippen LogP contribution is 2.37. The van der Waals surface area contributed by atoms with Crippen LogP contribution in [0, 0.1) is 6.92 Å². The van der Waals surface area contributed by atoms with Gasteiger partial charge in [0.05, 0.1) is 22.5 Å². The van der Waals surface area contributed by atoms with Gasteiger partial charge in [0.15, 0.2) is 0 Å². The number of rotatable bonds is 2. The molecule has 0 aliphatic rings. The zero-order valence-electron chi connectivity index (χ0n) is 14.6. The number of pyridine rings is 1. The molecule has 142 valence electrons. The molecule has 0 atom stereocenters. The van der Waals surface area contributed by atoms with Gasteiger partial charge in [-0.1, -0.05) is 30.3 Å². The van der Waals surface area contributed by atoms with Crippen molar-refractivity contribution in [2.75, 3.05) is 11.1 Å². The second-order valence-corrected chi connectivity index (χ2v) is 7.33. The molecule has 0 aliphatic heterocycles. The SMILES string of the molecule is Cc1cccc2cc3c(N)c(C(=O)Nc4ccccc4C(F)(F)F)sc3nc12. The van der Waals surface area contributed by atoms with Crippen LogP contribution in [0.5, 0.6) is 0 Å². The smallest absolute Gasteiger partial charge is 0.397 e. The first kappa shape index (κ1) is 18.2. The minimum atomic E-state index is -4.58. The van der Waals surface area contributed by atoms with E-state index in [1.165, 1.54) is 18.2 Å². The summed E-state index contributed by atoms with van der Waals surface area (Å²) in [6.45, 7) is 1.93. The molecule has 4 aromatic rings.